The number of benzene rings is 4. The van der Waals surface area contributed by atoms with Gasteiger partial charge in [-0.1, -0.05) is 121 Å². The Morgan fingerprint density at radius 2 is 0.552 bits per heavy atom. The maximum atomic E-state index is 2.29. The third-order valence-corrected chi connectivity index (χ3v) is 10.5. The molecule has 0 aliphatic heterocycles. The zero-order valence-corrected chi connectivity index (χ0v) is 19.4. The summed E-state index contributed by atoms with van der Waals surface area (Å²) in [5, 5.41) is 5.83. The summed E-state index contributed by atoms with van der Waals surface area (Å²) in [6, 6.07) is 44.1. The van der Waals surface area contributed by atoms with E-state index in [0.717, 1.165) is 0 Å². The number of hydrogen-bond acceptors (Lipinski definition) is 0. The first-order valence-electron chi connectivity index (χ1n) is 9.17. The van der Waals surface area contributed by atoms with Gasteiger partial charge in [-0.25, -0.2) is 0 Å². The summed E-state index contributed by atoms with van der Waals surface area (Å²) >= 11 is 0. The lowest BCUT2D eigenvalue weighted by atomic mass is 10.4. The van der Waals surface area contributed by atoms with Crippen LogP contribution >= 0.6 is 40.7 Å². The lowest BCUT2D eigenvalue weighted by Crippen LogP contribution is -2.19. The highest BCUT2D eigenvalue weighted by Crippen LogP contribution is 2.48. The molecule has 0 fully saturated rings. The Hall–Kier alpha value is -1.68. The molecule has 4 heteroatoms. The van der Waals surface area contributed by atoms with E-state index in [1.807, 2.05) is 0 Å². The van der Waals surface area contributed by atoms with Crippen LogP contribution in [0.4, 0.5) is 0 Å². The van der Waals surface area contributed by atoms with Gasteiger partial charge in [0.15, 0.2) is 0 Å². The van der Waals surface area contributed by atoms with E-state index in [0.29, 0.717) is 0 Å². The highest BCUT2D eigenvalue weighted by Gasteiger charge is 2.21. The smallest absolute Gasteiger partial charge is 0.00405 e. The molecule has 4 rings (SSSR count). The van der Waals surface area contributed by atoms with Gasteiger partial charge >= 0.3 is 0 Å². The predicted octanol–water partition coefficient (Wildman–Crippen LogP) is 6.05. The lowest BCUT2D eigenvalue weighted by molar-refractivity contribution is 1.73. The Labute approximate surface area is 188 Å². The Morgan fingerprint density at radius 3 is 0.759 bits per heavy atom. The zero-order chi connectivity index (χ0) is 18.3. The van der Waals surface area contributed by atoms with Gasteiger partial charge in [0.05, 0.1) is 0 Å². The molecule has 4 aromatic carbocycles. The minimum atomic E-state index is -0.409. The molecule has 0 unspecified atom stereocenters. The molecular weight excluding hydrogens is 433 g/mol. The van der Waals surface area contributed by atoms with Gasteiger partial charge in [0, 0.05) is 5.90 Å². The summed E-state index contributed by atoms with van der Waals surface area (Å²) < 4.78 is 0. The van der Waals surface area contributed by atoms with E-state index in [9.17, 15) is 0 Å². The Bertz CT molecular complexity index is 789. The summed E-state index contributed by atoms with van der Waals surface area (Å²) in [6.07, 6.45) is 0. The standard InChI is InChI=1S/C25H22P2.2ClH/c1-5-13-22(14-6-1)26(23-15-7-2-8-16-23)21-27(24-17-9-3-10-18-24)25-19-11-4-12-20-25;;/h1-20H,21H2;2*1H. The van der Waals surface area contributed by atoms with Gasteiger partial charge in [-0.05, 0) is 37.1 Å². The summed E-state index contributed by atoms with van der Waals surface area (Å²) in [7, 11) is -0.817. The van der Waals surface area contributed by atoms with Crippen LogP contribution in [-0.2, 0) is 0 Å². The van der Waals surface area contributed by atoms with Crippen molar-refractivity contribution in [1.82, 2.24) is 0 Å². The highest BCUT2D eigenvalue weighted by atomic mass is 35.5. The van der Waals surface area contributed by atoms with E-state index in [1.54, 1.807) is 0 Å². The van der Waals surface area contributed by atoms with Crippen molar-refractivity contribution in [2.75, 3.05) is 5.90 Å². The maximum absolute atomic E-state index is 2.29. The van der Waals surface area contributed by atoms with Gasteiger partial charge in [-0.2, -0.15) is 0 Å². The molecule has 0 saturated carbocycles. The molecule has 0 amide bonds. The molecule has 4 aromatic rings. The quantitative estimate of drug-likeness (QED) is 0.309. The largest absolute Gasteiger partial charge is 0.147 e. The van der Waals surface area contributed by atoms with Crippen LogP contribution in [0, 0.1) is 0 Å². The van der Waals surface area contributed by atoms with Gasteiger partial charge in [0.25, 0.3) is 0 Å². The predicted molar refractivity (Wildman–Crippen MR) is 138 cm³/mol. The SMILES string of the molecule is Cl.Cl.c1ccc(P(CP(c2ccccc2)c2ccccc2)c2ccccc2)cc1. The van der Waals surface area contributed by atoms with E-state index in [-0.39, 0.29) is 24.8 Å². The van der Waals surface area contributed by atoms with Crippen molar-refractivity contribution in [2.45, 2.75) is 0 Å². The Kier molecular flexibility index (Phi) is 9.86. The van der Waals surface area contributed by atoms with Gasteiger partial charge in [-0.3, -0.25) is 0 Å². The molecule has 0 N–H and O–H groups in total. The maximum Gasteiger partial charge on any atom is 0.00405 e. The fourth-order valence-electron chi connectivity index (χ4n) is 3.20. The topological polar surface area (TPSA) is 0 Å². The first-order chi connectivity index (χ1) is 13.4. The van der Waals surface area contributed by atoms with Crippen molar-refractivity contribution in [3.8, 4) is 0 Å². The van der Waals surface area contributed by atoms with Crippen molar-refractivity contribution >= 4 is 61.9 Å². The molecule has 0 aliphatic rings. The molecule has 0 aromatic heterocycles. The van der Waals surface area contributed by atoms with E-state index in [2.05, 4.69) is 121 Å². The Balaban J connectivity index is 0.00000150. The molecule has 0 nitrogen and oxygen atoms in total. The summed E-state index contributed by atoms with van der Waals surface area (Å²) in [4.78, 5) is 0. The number of rotatable bonds is 6. The van der Waals surface area contributed by atoms with Crippen LogP contribution in [-0.4, -0.2) is 5.90 Å². The highest BCUT2D eigenvalue weighted by molar-refractivity contribution is 7.88. The lowest BCUT2D eigenvalue weighted by Gasteiger charge is -2.26. The van der Waals surface area contributed by atoms with Crippen molar-refractivity contribution in [2.24, 2.45) is 0 Å². The van der Waals surface area contributed by atoms with E-state index < -0.39 is 15.8 Å². The van der Waals surface area contributed by atoms with Crippen LogP contribution in [0.3, 0.4) is 0 Å². The van der Waals surface area contributed by atoms with Crippen molar-refractivity contribution in [3.05, 3.63) is 121 Å². The van der Waals surface area contributed by atoms with Crippen LogP contribution in [0.15, 0.2) is 121 Å². The van der Waals surface area contributed by atoms with Crippen LogP contribution in [0.2, 0.25) is 0 Å². The molecule has 0 aliphatic carbocycles. The van der Waals surface area contributed by atoms with E-state index in [1.165, 1.54) is 27.1 Å². The van der Waals surface area contributed by atoms with Crippen LogP contribution < -0.4 is 21.2 Å². The minimum absolute atomic E-state index is 0. The summed E-state index contributed by atoms with van der Waals surface area (Å²) in [5.74, 6) is 1.17. The molecule has 0 bridgehead atoms. The first kappa shape index (κ1) is 23.6. The third kappa shape index (κ3) is 6.15. The van der Waals surface area contributed by atoms with Gasteiger partial charge < -0.3 is 0 Å². The fraction of sp³-hybridized carbons (Fsp3) is 0.0400. The van der Waals surface area contributed by atoms with Crippen molar-refractivity contribution < 1.29 is 0 Å². The zero-order valence-electron chi connectivity index (χ0n) is 16.0. The van der Waals surface area contributed by atoms with Crippen LogP contribution in [0.1, 0.15) is 0 Å². The van der Waals surface area contributed by atoms with Gasteiger partial charge in [0.2, 0.25) is 0 Å². The number of hydrogen-bond donors (Lipinski definition) is 0. The Morgan fingerprint density at radius 1 is 0.345 bits per heavy atom. The third-order valence-electron chi connectivity index (χ3n) is 4.55. The second kappa shape index (κ2) is 12.1. The van der Waals surface area contributed by atoms with Crippen molar-refractivity contribution in [3.63, 3.8) is 0 Å². The summed E-state index contributed by atoms with van der Waals surface area (Å²) in [5.41, 5.74) is 0. The molecule has 0 atom stereocenters. The first-order valence-corrected chi connectivity index (χ1v) is 12.2. The van der Waals surface area contributed by atoms with Gasteiger partial charge in [-0.15, -0.1) is 24.8 Å². The van der Waals surface area contributed by atoms with Crippen LogP contribution in [0.5, 0.6) is 0 Å². The molecule has 148 valence electrons. The van der Waals surface area contributed by atoms with E-state index >= 15 is 0 Å². The fourth-order valence-corrected chi connectivity index (χ4v) is 9.67. The molecule has 0 heterocycles. The average molecular weight is 457 g/mol. The minimum Gasteiger partial charge on any atom is -0.147 e. The molecule has 0 saturated heterocycles. The number of halogens is 2. The van der Waals surface area contributed by atoms with E-state index in [4.69, 9.17) is 0 Å². The average Bonchev–Trinajstić information content (AvgIpc) is 2.77. The van der Waals surface area contributed by atoms with Crippen LogP contribution in [0.25, 0.3) is 0 Å². The second-order valence-corrected chi connectivity index (χ2v) is 11.2. The normalized spacial score (nSPS) is 10.3. The second-order valence-electron chi connectivity index (χ2n) is 6.34. The van der Waals surface area contributed by atoms with Gasteiger partial charge in [0.1, 0.15) is 0 Å². The summed E-state index contributed by atoms with van der Waals surface area (Å²) in [6.45, 7) is 0. The molecule has 0 radical (unpaired) electrons. The molecular formula is C25H24Cl2P2. The molecule has 29 heavy (non-hydrogen) atoms. The van der Waals surface area contributed by atoms with Crippen molar-refractivity contribution in [1.29, 1.82) is 0 Å². The molecule has 0 spiro atoms. The monoisotopic (exact) mass is 456 g/mol.